The first-order valence-corrected chi connectivity index (χ1v) is 10.9. The van der Waals surface area contributed by atoms with Crippen molar-refractivity contribution in [2.24, 2.45) is 0 Å². The number of alkyl halides is 26. The second kappa shape index (κ2) is 12.1. The van der Waals surface area contributed by atoms with Gasteiger partial charge in [-0.15, -0.1) is 39.5 Å². The summed E-state index contributed by atoms with van der Waals surface area (Å²) < 4.78 is 340. The minimum Gasteiger partial charge on any atom is -0.397 e. The van der Waals surface area contributed by atoms with Gasteiger partial charge in [0, 0.05) is 6.61 Å². The van der Waals surface area contributed by atoms with Crippen LogP contribution >= 0.6 is 0 Å². The van der Waals surface area contributed by atoms with Crippen molar-refractivity contribution >= 4 is 8.80 Å². The number of aliphatic hydroxyl groups is 1. The molecule has 31 heteroatoms. The van der Waals surface area contributed by atoms with Gasteiger partial charge in [0.2, 0.25) is 0 Å². The summed E-state index contributed by atoms with van der Waals surface area (Å²) in [7, 11) is -10.5. The van der Waals surface area contributed by atoms with Crippen LogP contribution < -0.4 is 0 Å². The first-order valence-electron chi connectivity index (χ1n) is 9.16. The summed E-state index contributed by atoms with van der Waals surface area (Å²) in [6.07, 6.45) is -31.2. The van der Waals surface area contributed by atoms with Gasteiger partial charge in [-0.1, -0.05) is 0 Å². The van der Waals surface area contributed by atoms with Crippen LogP contribution in [-0.2, 0) is 13.3 Å². The molecule has 0 amide bonds. The molecule has 0 aromatic carbocycles. The van der Waals surface area contributed by atoms with Crippen molar-refractivity contribution in [1.29, 1.82) is 0 Å². The van der Waals surface area contributed by atoms with Crippen LogP contribution in [0.1, 0.15) is 6.92 Å². The van der Waals surface area contributed by atoms with Crippen molar-refractivity contribution in [3.63, 3.8) is 0 Å². The third-order valence-electron chi connectivity index (χ3n) is 3.86. The standard InChI is InChI=1S/C11F26O3Si.C2H6O/c12-1(13,3(16,17)5(20,21)7(24,25)26)2(14,15)4(18,19)6(22,23)8(27,28)41(38-9(29,30)31,39-10(32,33)34)40-11(35,36)37;1-2-3/h;3H,2H2,1H3. The van der Waals surface area contributed by atoms with Gasteiger partial charge in [-0.3, -0.25) is 13.3 Å². The van der Waals surface area contributed by atoms with Gasteiger partial charge in [-0.25, -0.2) is 0 Å². The molecule has 268 valence electrons. The van der Waals surface area contributed by atoms with Crippen LogP contribution in [0.5, 0.6) is 0 Å². The molecule has 4 nitrogen and oxygen atoms in total. The Labute approximate surface area is 222 Å². The minimum absolute atomic E-state index is 0.250. The molecule has 0 heterocycles. The third-order valence-corrected chi connectivity index (χ3v) is 6.44. The summed E-state index contributed by atoms with van der Waals surface area (Å²) >= 11 is 0. The normalized spacial score (nSPS) is 16.1. The molecule has 0 saturated carbocycles. The van der Waals surface area contributed by atoms with E-state index in [1.54, 1.807) is 6.92 Å². The maximum Gasteiger partial charge on any atom is 0.601 e. The Kier molecular flexibility index (Phi) is 12.2. The Bertz CT molecular complexity index is 903. The lowest BCUT2D eigenvalue weighted by Gasteiger charge is -2.45. The van der Waals surface area contributed by atoms with Crippen LogP contribution in [0.3, 0.4) is 0 Å². The molecule has 0 fully saturated rings. The SMILES string of the molecule is CCO.FC(F)(F)O[Si](OC(F)(F)F)(OC(F)(F)F)C(F)(F)C(F)(F)C(F)(F)C(F)(F)C(F)(F)C(F)(F)C(F)(F)C(F)(F)F. The maximum absolute atomic E-state index is 14.1. The van der Waals surface area contributed by atoms with Crippen LogP contribution in [0.15, 0.2) is 0 Å². The van der Waals surface area contributed by atoms with Crippen LogP contribution in [0.25, 0.3) is 0 Å². The summed E-state index contributed by atoms with van der Waals surface area (Å²) in [4.78, 5) is 0. The van der Waals surface area contributed by atoms with Gasteiger partial charge in [-0.2, -0.15) is 74.6 Å². The molecule has 0 bridgehead atoms. The van der Waals surface area contributed by atoms with Crippen LogP contribution in [-0.4, -0.2) is 86.9 Å². The van der Waals surface area contributed by atoms with Crippen molar-refractivity contribution in [3.8, 4) is 0 Å². The molecule has 0 aliphatic heterocycles. The monoisotopic (exact) mass is 748 g/mol. The van der Waals surface area contributed by atoms with E-state index in [2.05, 4.69) is 0 Å². The van der Waals surface area contributed by atoms with E-state index in [1.165, 1.54) is 13.3 Å². The Morgan fingerprint density at radius 3 is 0.750 bits per heavy atom. The molecule has 0 rings (SSSR count). The van der Waals surface area contributed by atoms with E-state index in [-0.39, 0.29) is 6.61 Å². The molecule has 0 atom stereocenters. The first-order chi connectivity index (χ1) is 18.5. The summed E-state index contributed by atoms with van der Waals surface area (Å²) in [6, 6.07) is 0. The van der Waals surface area contributed by atoms with Gasteiger partial charge >= 0.3 is 75.1 Å². The van der Waals surface area contributed by atoms with Gasteiger partial charge in [0.25, 0.3) is 0 Å². The van der Waals surface area contributed by atoms with E-state index >= 15 is 0 Å². The lowest BCUT2D eigenvalue weighted by molar-refractivity contribution is -0.462. The van der Waals surface area contributed by atoms with Gasteiger partial charge < -0.3 is 5.11 Å². The molecular weight excluding hydrogens is 742 g/mol. The average Bonchev–Trinajstić information content (AvgIpc) is 2.68. The smallest absolute Gasteiger partial charge is 0.397 e. The summed E-state index contributed by atoms with van der Waals surface area (Å²) in [5.41, 5.74) is -9.16. The fraction of sp³-hybridized carbons (Fsp3) is 1.00. The van der Waals surface area contributed by atoms with Crippen LogP contribution in [0.4, 0.5) is 114 Å². The van der Waals surface area contributed by atoms with Gasteiger partial charge in [0.1, 0.15) is 0 Å². The highest BCUT2D eigenvalue weighted by atomic mass is 28.4. The van der Waals surface area contributed by atoms with Crippen molar-refractivity contribution in [2.45, 2.75) is 73.3 Å². The molecule has 0 aromatic rings. The molecule has 0 radical (unpaired) electrons. The van der Waals surface area contributed by atoms with Crippen molar-refractivity contribution < 1.29 is 133 Å². The fourth-order valence-electron chi connectivity index (χ4n) is 2.07. The molecule has 0 spiro atoms. The third kappa shape index (κ3) is 7.96. The number of hydrogen-bond acceptors (Lipinski definition) is 4. The predicted octanol–water partition coefficient (Wildman–Crippen LogP) is 8.08. The Hall–Kier alpha value is -1.76. The van der Waals surface area contributed by atoms with E-state index in [0.29, 0.717) is 0 Å². The molecule has 0 aromatic heterocycles. The Morgan fingerprint density at radius 2 is 0.568 bits per heavy atom. The fourth-order valence-corrected chi connectivity index (χ4v) is 4.03. The van der Waals surface area contributed by atoms with Gasteiger partial charge in [0.15, 0.2) is 0 Å². The highest BCUT2D eigenvalue weighted by Crippen LogP contribution is 2.65. The largest absolute Gasteiger partial charge is 0.601 e. The lowest BCUT2D eigenvalue weighted by Crippen LogP contribution is -2.79. The number of halogens is 26. The zero-order chi connectivity index (χ0) is 36.8. The second-order valence-electron chi connectivity index (χ2n) is 7.03. The highest BCUT2D eigenvalue weighted by Gasteiger charge is 2.98. The molecule has 44 heavy (non-hydrogen) atoms. The van der Waals surface area contributed by atoms with E-state index in [9.17, 15) is 114 Å². The minimum atomic E-state index is -10.5. The van der Waals surface area contributed by atoms with Crippen molar-refractivity contribution in [1.82, 2.24) is 0 Å². The van der Waals surface area contributed by atoms with Crippen molar-refractivity contribution in [2.75, 3.05) is 6.61 Å². The number of hydrogen-bond donors (Lipinski definition) is 1. The molecule has 0 aliphatic carbocycles. The van der Waals surface area contributed by atoms with E-state index in [4.69, 9.17) is 5.11 Å². The summed E-state index contributed by atoms with van der Waals surface area (Å²) in [5, 5.41) is 7.57. The zero-order valence-corrected chi connectivity index (χ0v) is 20.2. The topological polar surface area (TPSA) is 47.9 Å². The average molecular weight is 748 g/mol. The molecule has 0 unspecified atom stereocenters. The van der Waals surface area contributed by atoms with E-state index in [1.807, 2.05) is 0 Å². The molecule has 0 aliphatic rings. The second-order valence-corrected chi connectivity index (χ2v) is 9.39. The highest BCUT2D eigenvalue weighted by molar-refractivity contribution is 6.64. The summed E-state index contributed by atoms with van der Waals surface area (Å²) in [5.74, 6) is -55.9. The van der Waals surface area contributed by atoms with Crippen molar-refractivity contribution in [3.05, 3.63) is 0 Å². The first kappa shape index (κ1) is 44.4. The zero-order valence-electron chi connectivity index (χ0n) is 19.2. The quantitative estimate of drug-likeness (QED) is 0.182. The maximum atomic E-state index is 14.1. The Balaban J connectivity index is 0. The Morgan fingerprint density at radius 1 is 0.386 bits per heavy atom. The summed E-state index contributed by atoms with van der Waals surface area (Å²) in [6.45, 7) is 1.93. The molecular formula is C13H6F26O4Si. The van der Waals surface area contributed by atoms with Crippen LogP contribution in [0.2, 0.25) is 0 Å². The predicted molar refractivity (Wildman–Crippen MR) is 80.6 cm³/mol. The number of rotatable bonds is 10. The number of aliphatic hydroxyl groups excluding tert-OH is 1. The molecule has 1 N–H and O–H groups in total. The lowest BCUT2D eigenvalue weighted by atomic mass is 9.91. The van der Waals surface area contributed by atoms with Gasteiger partial charge in [0.05, 0.1) is 0 Å². The van der Waals surface area contributed by atoms with E-state index in [0.717, 1.165) is 0 Å². The van der Waals surface area contributed by atoms with Gasteiger partial charge in [-0.05, 0) is 6.92 Å². The van der Waals surface area contributed by atoms with E-state index < -0.39 is 75.1 Å². The van der Waals surface area contributed by atoms with Crippen LogP contribution in [0, 0.1) is 0 Å². The molecule has 0 saturated heterocycles.